The number of benzene rings is 1. The molecular formula is C9H8Cl2N2O3. The summed E-state index contributed by atoms with van der Waals surface area (Å²) in [7, 11) is 0. The average Bonchev–Trinajstić information content (AvgIpc) is 2.19. The average molecular weight is 263 g/mol. The van der Waals surface area contributed by atoms with E-state index in [4.69, 9.17) is 33.7 Å². The number of ether oxygens (including phenoxy) is 1. The molecule has 0 unspecified atom stereocenters. The number of nitrogens with zero attached hydrogens (tertiary/aromatic N) is 1. The predicted molar refractivity (Wildman–Crippen MR) is 60.2 cm³/mol. The van der Waals surface area contributed by atoms with Crippen LogP contribution >= 0.6 is 23.2 Å². The van der Waals surface area contributed by atoms with Crippen LogP contribution < -0.4 is 10.5 Å². The maximum atomic E-state index is 10.8. The predicted octanol–water partition coefficient (Wildman–Crippen LogP) is 2.68. The number of hydrogen-bond donors (Lipinski definition) is 1. The Kier molecular flexibility index (Phi) is 2.92. The van der Waals surface area contributed by atoms with Crippen molar-refractivity contribution >= 4 is 28.9 Å². The highest BCUT2D eigenvalue weighted by molar-refractivity contribution is 6.39. The van der Waals surface area contributed by atoms with Crippen molar-refractivity contribution in [2.45, 2.75) is 12.5 Å². The van der Waals surface area contributed by atoms with Gasteiger partial charge in [-0.15, -0.1) is 0 Å². The first kappa shape index (κ1) is 11.4. The molecule has 1 aliphatic heterocycles. The molecule has 0 aliphatic carbocycles. The van der Waals surface area contributed by atoms with Gasteiger partial charge >= 0.3 is 5.69 Å². The number of hydrogen-bond acceptors (Lipinski definition) is 4. The number of nitro groups is 1. The lowest BCUT2D eigenvalue weighted by Crippen LogP contribution is -2.21. The van der Waals surface area contributed by atoms with Crippen molar-refractivity contribution < 1.29 is 9.66 Å². The highest BCUT2D eigenvalue weighted by Gasteiger charge is 2.29. The molecule has 5 nitrogen and oxygen atoms in total. The third kappa shape index (κ3) is 1.71. The van der Waals surface area contributed by atoms with E-state index in [1.54, 1.807) is 0 Å². The van der Waals surface area contributed by atoms with Crippen LogP contribution in [0.5, 0.6) is 5.75 Å². The summed E-state index contributed by atoms with van der Waals surface area (Å²) in [6, 6.07) is 1.20. The van der Waals surface area contributed by atoms with Crippen molar-refractivity contribution in [3.05, 3.63) is 31.8 Å². The van der Waals surface area contributed by atoms with Gasteiger partial charge < -0.3 is 10.5 Å². The van der Waals surface area contributed by atoms with Gasteiger partial charge in [0.2, 0.25) is 0 Å². The SMILES string of the molecule is N[C@H]1CCOc2c1cc(Cl)c([N+](=O)[O-])c2Cl. The van der Waals surface area contributed by atoms with Gasteiger partial charge in [-0.1, -0.05) is 23.2 Å². The summed E-state index contributed by atoms with van der Waals surface area (Å²) in [6.45, 7) is 0.396. The van der Waals surface area contributed by atoms with Crippen molar-refractivity contribution in [1.82, 2.24) is 0 Å². The number of nitrogens with two attached hydrogens (primary N) is 1. The summed E-state index contributed by atoms with van der Waals surface area (Å²) in [5.41, 5.74) is 6.12. The first-order valence-electron chi connectivity index (χ1n) is 4.57. The zero-order chi connectivity index (χ0) is 11.9. The van der Waals surface area contributed by atoms with E-state index in [1.165, 1.54) is 6.07 Å². The number of halogens is 2. The van der Waals surface area contributed by atoms with Crippen LogP contribution in [0.4, 0.5) is 5.69 Å². The maximum absolute atomic E-state index is 10.8. The highest BCUT2D eigenvalue weighted by Crippen LogP contribution is 2.45. The summed E-state index contributed by atoms with van der Waals surface area (Å²) >= 11 is 11.7. The third-order valence-electron chi connectivity index (χ3n) is 2.44. The van der Waals surface area contributed by atoms with Crippen LogP contribution in [0, 0.1) is 10.1 Å². The first-order valence-corrected chi connectivity index (χ1v) is 5.32. The zero-order valence-electron chi connectivity index (χ0n) is 8.07. The third-order valence-corrected chi connectivity index (χ3v) is 3.07. The quantitative estimate of drug-likeness (QED) is 0.624. The van der Waals surface area contributed by atoms with E-state index in [0.29, 0.717) is 18.6 Å². The Morgan fingerprint density at radius 2 is 2.25 bits per heavy atom. The van der Waals surface area contributed by atoms with Crippen LogP contribution in [-0.2, 0) is 0 Å². The molecule has 86 valence electrons. The molecule has 2 rings (SSSR count). The van der Waals surface area contributed by atoms with Gasteiger partial charge in [-0.25, -0.2) is 0 Å². The zero-order valence-corrected chi connectivity index (χ0v) is 9.59. The molecule has 0 bridgehead atoms. The molecular weight excluding hydrogens is 255 g/mol. The van der Waals surface area contributed by atoms with Gasteiger partial charge in [0, 0.05) is 18.0 Å². The fraction of sp³-hybridized carbons (Fsp3) is 0.333. The lowest BCUT2D eigenvalue weighted by Gasteiger charge is -2.23. The number of fused-ring (bicyclic) bond motifs is 1. The van der Waals surface area contributed by atoms with Crippen molar-refractivity contribution in [3.8, 4) is 5.75 Å². The maximum Gasteiger partial charge on any atom is 0.310 e. The Bertz CT molecular complexity index is 465. The standard InChI is InChI=1S/C9H8Cl2N2O3/c10-5-3-4-6(12)1-2-16-9(4)7(11)8(5)13(14)15/h3,6H,1-2,12H2/t6-/m0/s1. The molecule has 1 aliphatic rings. The van der Waals surface area contributed by atoms with Crippen LogP contribution in [0.1, 0.15) is 18.0 Å². The van der Waals surface area contributed by atoms with E-state index >= 15 is 0 Å². The molecule has 0 saturated heterocycles. The fourth-order valence-corrected chi connectivity index (χ4v) is 2.31. The summed E-state index contributed by atoms with van der Waals surface area (Å²) in [5.74, 6) is 0.275. The minimum absolute atomic E-state index is 0.0188. The van der Waals surface area contributed by atoms with Crippen molar-refractivity contribution in [2.24, 2.45) is 5.73 Å². The topological polar surface area (TPSA) is 78.4 Å². The Morgan fingerprint density at radius 1 is 1.56 bits per heavy atom. The molecule has 16 heavy (non-hydrogen) atoms. The van der Waals surface area contributed by atoms with E-state index in [-0.39, 0.29) is 27.5 Å². The molecule has 1 aromatic rings. The lowest BCUT2D eigenvalue weighted by atomic mass is 10.0. The van der Waals surface area contributed by atoms with Gasteiger partial charge in [-0.05, 0) is 6.07 Å². The van der Waals surface area contributed by atoms with E-state index < -0.39 is 4.92 Å². The smallest absolute Gasteiger partial charge is 0.310 e. The molecule has 1 atom stereocenters. The molecule has 1 heterocycles. The lowest BCUT2D eigenvalue weighted by molar-refractivity contribution is -0.384. The minimum atomic E-state index is -0.631. The molecule has 1 aromatic carbocycles. The van der Waals surface area contributed by atoms with Crippen LogP contribution in [0.2, 0.25) is 10.0 Å². The largest absolute Gasteiger partial charge is 0.491 e. The van der Waals surface area contributed by atoms with Crippen molar-refractivity contribution in [1.29, 1.82) is 0 Å². The van der Waals surface area contributed by atoms with Gasteiger partial charge in [-0.3, -0.25) is 10.1 Å². The van der Waals surface area contributed by atoms with Crippen molar-refractivity contribution in [2.75, 3.05) is 6.61 Å². The van der Waals surface area contributed by atoms with Gasteiger partial charge in [0.1, 0.15) is 10.8 Å². The molecule has 0 spiro atoms. The molecule has 0 amide bonds. The van der Waals surface area contributed by atoms with Crippen LogP contribution in [-0.4, -0.2) is 11.5 Å². The Morgan fingerprint density at radius 3 is 2.88 bits per heavy atom. The van der Waals surface area contributed by atoms with Crippen LogP contribution in [0.25, 0.3) is 0 Å². The Labute approximate surface area is 101 Å². The Hall–Kier alpha value is -1.04. The van der Waals surface area contributed by atoms with Gasteiger partial charge in [-0.2, -0.15) is 0 Å². The summed E-state index contributed by atoms with van der Waals surface area (Å²) in [5, 5.41) is 10.7. The second kappa shape index (κ2) is 4.08. The number of nitro benzene ring substituents is 1. The summed E-state index contributed by atoms with van der Waals surface area (Å²) in [6.07, 6.45) is 0.636. The first-order chi connectivity index (χ1) is 7.52. The molecule has 0 radical (unpaired) electrons. The summed E-state index contributed by atoms with van der Waals surface area (Å²) < 4.78 is 5.30. The molecule has 2 N–H and O–H groups in total. The normalized spacial score (nSPS) is 18.8. The molecule has 0 saturated carbocycles. The van der Waals surface area contributed by atoms with E-state index in [2.05, 4.69) is 0 Å². The second-order valence-corrected chi connectivity index (χ2v) is 4.23. The highest BCUT2D eigenvalue weighted by atomic mass is 35.5. The second-order valence-electron chi connectivity index (χ2n) is 3.44. The van der Waals surface area contributed by atoms with E-state index in [1.807, 2.05) is 0 Å². The van der Waals surface area contributed by atoms with Crippen LogP contribution in [0.3, 0.4) is 0 Å². The molecule has 0 aromatic heterocycles. The number of rotatable bonds is 1. The summed E-state index contributed by atoms with van der Waals surface area (Å²) in [4.78, 5) is 10.1. The monoisotopic (exact) mass is 262 g/mol. The van der Waals surface area contributed by atoms with Gasteiger partial charge in [0.15, 0.2) is 5.02 Å². The van der Waals surface area contributed by atoms with Gasteiger partial charge in [0.25, 0.3) is 0 Å². The molecule has 0 fully saturated rings. The van der Waals surface area contributed by atoms with E-state index in [0.717, 1.165) is 0 Å². The minimum Gasteiger partial charge on any atom is -0.491 e. The van der Waals surface area contributed by atoms with Crippen molar-refractivity contribution in [3.63, 3.8) is 0 Å². The van der Waals surface area contributed by atoms with E-state index in [9.17, 15) is 10.1 Å². The van der Waals surface area contributed by atoms with Crippen LogP contribution in [0.15, 0.2) is 6.07 Å². The molecule has 7 heteroatoms. The fourth-order valence-electron chi connectivity index (χ4n) is 1.64. The van der Waals surface area contributed by atoms with Gasteiger partial charge in [0.05, 0.1) is 11.5 Å². The Balaban J connectivity index is 2.67.